The minimum absolute atomic E-state index is 0.104. The van der Waals surface area contributed by atoms with Crippen LogP contribution in [0.3, 0.4) is 0 Å². The van der Waals surface area contributed by atoms with Crippen LogP contribution in [0.25, 0.3) is 0 Å². The van der Waals surface area contributed by atoms with Crippen LogP contribution >= 0.6 is 15.6 Å². The predicted molar refractivity (Wildman–Crippen MR) is 372 cm³/mol. The highest BCUT2D eigenvalue weighted by molar-refractivity contribution is 7.47. The van der Waals surface area contributed by atoms with E-state index in [1.54, 1.807) is 0 Å². The molecule has 0 spiro atoms. The van der Waals surface area contributed by atoms with E-state index in [0.29, 0.717) is 25.7 Å². The zero-order valence-corrected chi connectivity index (χ0v) is 61.8. The second-order valence-corrected chi connectivity index (χ2v) is 30.2. The molecule has 17 nitrogen and oxygen atoms in total. The van der Waals surface area contributed by atoms with Crippen LogP contribution in [-0.2, 0) is 65.4 Å². The number of ether oxygens (including phenoxy) is 4. The fraction of sp³-hybridized carbons (Fsp3) is 0.945. The summed E-state index contributed by atoms with van der Waals surface area (Å²) >= 11 is 0. The first-order valence-corrected chi connectivity index (χ1v) is 40.9. The van der Waals surface area contributed by atoms with Crippen LogP contribution in [0.4, 0.5) is 0 Å². The monoisotopic (exact) mass is 1350 g/mol. The molecule has 7 atom stereocenters. The number of carbonyl (C=O) groups is 4. The van der Waals surface area contributed by atoms with Crippen molar-refractivity contribution in [1.29, 1.82) is 0 Å². The van der Waals surface area contributed by atoms with Gasteiger partial charge >= 0.3 is 39.5 Å². The van der Waals surface area contributed by atoms with E-state index in [9.17, 15) is 43.2 Å². The van der Waals surface area contributed by atoms with Gasteiger partial charge in [0.2, 0.25) is 0 Å². The van der Waals surface area contributed by atoms with E-state index in [1.807, 2.05) is 0 Å². The average Bonchev–Trinajstić information content (AvgIpc) is 1.51. The molecular formula is C73H142O17P2. The average molecular weight is 1350 g/mol. The Balaban J connectivity index is 5.28. The fourth-order valence-corrected chi connectivity index (χ4v) is 12.6. The molecule has 0 aromatic rings. The van der Waals surface area contributed by atoms with Gasteiger partial charge < -0.3 is 33.8 Å². The maximum Gasteiger partial charge on any atom is 0.472 e. The van der Waals surface area contributed by atoms with E-state index in [0.717, 1.165) is 108 Å². The number of hydrogen-bond acceptors (Lipinski definition) is 15. The Labute approximate surface area is 562 Å². The minimum atomic E-state index is -4.95. The summed E-state index contributed by atoms with van der Waals surface area (Å²) < 4.78 is 68.4. The van der Waals surface area contributed by atoms with E-state index in [-0.39, 0.29) is 25.7 Å². The maximum atomic E-state index is 13.1. The van der Waals surface area contributed by atoms with Crippen molar-refractivity contribution in [1.82, 2.24) is 0 Å². The lowest BCUT2D eigenvalue weighted by atomic mass is 9.99. The van der Waals surface area contributed by atoms with Gasteiger partial charge in [0, 0.05) is 25.7 Å². The number of unbranched alkanes of at least 4 members (excludes halogenated alkanes) is 37. The molecule has 0 aliphatic rings. The molecule has 0 aromatic heterocycles. The van der Waals surface area contributed by atoms with Gasteiger partial charge in [-0.1, -0.05) is 318 Å². The summed E-state index contributed by atoms with van der Waals surface area (Å²) in [6, 6.07) is 0. The Morgan fingerprint density at radius 2 is 0.554 bits per heavy atom. The lowest BCUT2D eigenvalue weighted by molar-refractivity contribution is -0.161. The lowest BCUT2D eigenvalue weighted by Crippen LogP contribution is -2.30. The summed E-state index contributed by atoms with van der Waals surface area (Å²) in [6.45, 7) is 11.9. The summed E-state index contributed by atoms with van der Waals surface area (Å²) in [6.07, 6.45) is 48.4. The molecule has 19 heteroatoms. The number of aliphatic hydroxyl groups is 1. The smallest absolute Gasteiger partial charge is 0.462 e. The number of carbonyl (C=O) groups excluding carboxylic acids is 4. The van der Waals surface area contributed by atoms with Crippen LogP contribution in [0.5, 0.6) is 0 Å². The zero-order chi connectivity index (χ0) is 68.0. The quantitative estimate of drug-likeness (QED) is 0.0222. The molecule has 0 heterocycles. The van der Waals surface area contributed by atoms with Crippen LogP contribution in [0.1, 0.15) is 370 Å². The van der Waals surface area contributed by atoms with E-state index in [1.165, 1.54) is 180 Å². The van der Waals surface area contributed by atoms with Crippen molar-refractivity contribution in [2.24, 2.45) is 17.8 Å². The van der Waals surface area contributed by atoms with E-state index >= 15 is 0 Å². The molecule has 0 amide bonds. The number of hydrogen-bond donors (Lipinski definition) is 3. The Kier molecular flexibility index (Phi) is 62.4. The molecule has 546 valence electrons. The zero-order valence-electron chi connectivity index (χ0n) is 60.0. The van der Waals surface area contributed by atoms with Gasteiger partial charge in [-0.05, 0) is 43.4 Å². The van der Waals surface area contributed by atoms with Crippen LogP contribution in [0, 0.1) is 17.8 Å². The number of phosphoric acid groups is 2. The van der Waals surface area contributed by atoms with Crippen molar-refractivity contribution in [2.75, 3.05) is 39.6 Å². The first kappa shape index (κ1) is 90.1. The SMILES string of the molecule is CCCCCCCCCCCCCCCCC(=O)OC[C@H](COP(=O)(O)OC[C@@H](O)COP(=O)(O)OC[C@@H](COC(=O)CCCCCCCCCCC(C)CC)OC(=O)CCCCCCCCCCC(C)CC)OC(=O)CCCCCCCCCCCCCC(C)C. The van der Waals surface area contributed by atoms with Gasteiger partial charge in [0.1, 0.15) is 19.3 Å². The van der Waals surface area contributed by atoms with Crippen molar-refractivity contribution in [3.63, 3.8) is 0 Å². The molecular weight excluding hydrogens is 1210 g/mol. The largest absolute Gasteiger partial charge is 0.472 e. The Morgan fingerprint density at radius 3 is 0.826 bits per heavy atom. The number of phosphoric ester groups is 2. The van der Waals surface area contributed by atoms with Gasteiger partial charge in [-0.25, -0.2) is 9.13 Å². The van der Waals surface area contributed by atoms with Crippen molar-refractivity contribution in [3.05, 3.63) is 0 Å². The molecule has 0 saturated heterocycles. The second kappa shape index (κ2) is 63.8. The second-order valence-electron chi connectivity index (χ2n) is 27.3. The van der Waals surface area contributed by atoms with E-state index in [4.69, 9.17) is 37.0 Å². The number of esters is 4. The third-order valence-corrected chi connectivity index (χ3v) is 19.5. The van der Waals surface area contributed by atoms with Gasteiger partial charge in [-0.3, -0.25) is 37.3 Å². The minimum Gasteiger partial charge on any atom is -0.462 e. The highest BCUT2D eigenvalue weighted by Gasteiger charge is 2.30. The van der Waals surface area contributed by atoms with Gasteiger partial charge in [0.15, 0.2) is 12.2 Å². The highest BCUT2D eigenvalue weighted by Crippen LogP contribution is 2.45. The molecule has 3 N–H and O–H groups in total. The third-order valence-electron chi connectivity index (χ3n) is 17.6. The topological polar surface area (TPSA) is 237 Å². The number of rotatable bonds is 71. The van der Waals surface area contributed by atoms with Crippen molar-refractivity contribution in [2.45, 2.75) is 388 Å². The van der Waals surface area contributed by atoms with Crippen molar-refractivity contribution in [3.8, 4) is 0 Å². The summed E-state index contributed by atoms with van der Waals surface area (Å²) in [7, 11) is -9.91. The summed E-state index contributed by atoms with van der Waals surface area (Å²) in [5, 5.41) is 10.6. The van der Waals surface area contributed by atoms with Gasteiger partial charge in [-0.15, -0.1) is 0 Å². The molecule has 0 aliphatic carbocycles. The van der Waals surface area contributed by atoms with Gasteiger partial charge in [-0.2, -0.15) is 0 Å². The maximum absolute atomic E-state index is 13.1. The standard InChI is InChI=1S/C73H142O17P2/c1-8-11-12-13-14-15-16-17-18-21-24-33-40-47-54-70(75)83-60-68(89-72(77)56-49-42-35-25-22-19-20-23-30-37-44-51-64(4)5)62-87-91(79,80)85-58-67(74)59-86-92(81,82)88-63-69(90-73(78)57-50-43-36-29-27-32-39-46-53-66(7)10-3)61-84-71(76)55-48-41-34-28-26-31-38-45-52-65(6)9-2/h64-69,74H,8-63H2,1-7H3,(H,79,80)(H,81,82)/t65?,66?,67-,68-,69-/m1/s1. The normalized spacial score (nSPS) is 14.7. The van der Waals surface area contributed by atoms with Gasteiger partial charge in [0.05, 0.1) is 26.4 Å². The fourth-order valence-electron chi connectivity index (χ4n) is 11.0. The van der Waals surface area contributed by atoms with E-state index in [2.05, 4.69) is 48.5 Å². The van der Waals surface area contributed by atoms with Crippen molar-refractivity contribution < 1.29 is 80.2 Å². The van der Waals surface area contributed by atoms with Crippen LogP contribution in [0.15, 0.2) is 0 Å². The van der Waals surface area contributed by atoms with Gasteiger partial charge in [0.25, 0.3) is 0 Å². The molecule has 0 aromatic carbocycles. The van der Waals surface area contributed by atoms with Crippen LogP contribution in [0.2, 0.25) is 0 Å². The predicted octanol–water partition coefficient (Wildman–Crippen LogP) is 21.0. The van der Waals surface area contributed by atoms with Crippen LogP contribution in [-0.4, -0.2) is 96.7 Å². The molecule has 0 fully saturated rings. The first-order chi connectivity index (χ1) is 44.3. The Hall–Kier alpha value is -1.94. The highest BCUT2D eigenvalue weighted by atomic mass is 31.2. The number of aliphatic hydroxyl groups excluding tert-OH is 1. The Morgan fingerprint density at radius 1 is 0.315 bits per heavy atom. The van der Waals surface area contributed by atoms with E-state index < -0.39 is 97.5 Å². The molecule has 0 saturated carbocycles. The third kappa shape index (κ3) is 64.1. The molecule has 0 bridgehead atoms. The molecule has 0 radical (unpaired) electrons. The first-order valence-electron chi connectivity index (χ1n) is 37.9. The summed E-state index contributed by atoms with van der Waals surface area (Å²) in [5.74, 6) is 0.190. The Bertz CT molecular complexity index is 1810. The summed E-state index contributed by atoms with van der Waals surface area (Å²) in [5.41, 5.74) is 0. The lowest BCUT2D eigenvalue weighted by Gasteiger charge is -2.21. The molecule has 0 aliphatic heterocycles. The van der Waals surface area contributed by atoms with Crippen molar-refractivity contribution >= 4 is 39.5 Å². The molecule has 92 heavy (non-hydrogen) atoms. The molecule has 4 unspecified atom stereocenters. The van der Waals surface area contributed by atoms with Crippen LogP contribution < -0.4 is 0 Å². The summed E-state index contributed by atoms with van der Waals surface area (Å²) in [4.78, 5) is 72.7. The molecule has 0 rings (SSSR count).